The van der Waals surface area contributed by atoms with E-state index < -0.39 is 18.4 Å². The molecule has 226 valence electrons. The normalized spacial score (nSPS) is 15.8. The summed E-state index contributed by atoms with van der Waals surface area (Å²) >= 11 is 0. The molecule has 0 bridgehead atoms. The molecule has 0 unspecified atom stereocenters. The Labute approximate surface area is 242 Å². The van der Waals surface area contributed by atoms with Crippen molar-refractivity contribution in [3.05, 3.63) is 70.6 Å². The van der Waals surface area contributed by atoms with Gasteiger partial charge in [-0.3, -0.25) is 9.78 Å². The number of carbonyl (C=O) groups is 1. The summed E-state index contributed by atoms with van der Waals surface area (Å²) in [4.78, 5) is 26.0. The van der Waals surface area contributed by atoms with Gasteiger partial charge in [0, 0.05) is 74.8 Å². The fraction of sp³-hybridized carbons (Fsp3) is 0.500. The lowest BCUT2D eigenvalue weighted by molar-refractivity contribution is -0.137. The zero-order valence-corrected chi connectivity index (χ0v) is 24.1. The monoisotopic (exact) mass is 588 g/mol. The molecule has 42 heavy (non-hydrogen) atoms. The fourth-order valence-electron chi connectivity index (χ4n) is 5.87. The van der Waals surface area contributed by atoms with Gasteiger partial charge in [0.1, 0.15) is 0 Å². The molecule has 3 aromatic rings. The average Bonchev–Trinajstić information content (AvgIpc) is 3.56. The lowest BCUT2D eigenvalue weighted by Gasteiger charge is -2.37. The van der Waals surface area contributed by atoms with E-state index in [4.69, 9.17) is 4.74 Å². The predicted octanol–water partition coefficient (Wildman–Crippen LogP) is 5.02. The van der Waals surface area contributed by atoms with E-state index in [1.165, 1.54) is 0 Å². The fourth-order valence-corrected chi connectivity index (χ4v) is 5.87. The number of pyridine rings is 1. The molecule has 1 amide bonds. The number of carbonyl (C=O) groups excluding carboxylic acids is 1. The maximum Gasteiger partial charge on any atom is 0.390 e. The number of ether oxygens (including phenoxy) is 1. The van der Waals surface area contributed by atoms with Gasteiger partial charge in [-0.1, -0.05) is 6.07 Å². The Balaban J connectivity index is 1.45. The van der Waals surface area contributed by atoms with Gasteiger partial charge in [-0.05, 0) is 49.6 Å². The summed E-state index contributed by atoms with van der Waals surface area (Å²) in [5, 5.41) is 3.05. The van der Waals surface area contributed by atoms with Crippen LogP contribution >= 0.6 is 0 Å². The van der Waals surface area contributed by atoms with Gasteiger partial charge in [-0.2, -0.15) is 13.2 Å². The number of nitrogens with one attached hydrogen (secondary N) is 1. The number of rotatable bonds is 12. The quantitative estimate of drug-likeness (QED) is 0.300. The molecular weight excluding hydrogens is 552 g/mol. The van der Waals surface area contributed by atoms with E-state index in [1.54, 1.807) is 38.2 Å². The Morgan fingerprint density at radius 1 is 1.19 bits per heavy atom. The van der Waals surface area contributed by atoms with E-state index in [1.807, 2.05) is 27.8 Å². The molecule has 0 saturated heterocycles. The van der Waals surface area contributed by atoms with Crippen molar-refractivity contribution in [1.29, 1.82) is 0 Å². The number of hydrogen-bond donors (Lipinski definition) is 1. The molecule has 2 aromatic heterocycles. The number of imidazole rings is 1. The van der Waals surface area contributed by atoms with Crippen LogP contribution in [0.4, 0.5) is 23.5 Å². The summed E-state index contributed by atoms with van der Waals surface area (Å²) in [6.45, 7) is 3.67. The van der Waals surface area contributed by atoms with Crippen LogP contribution in [0.1, 0.15) is 58.9 Å². The SMILES string of the molecule is CCOc1cc(CCN2CC3(CC3)c3c(CN(C)CCC(F)(F)F)cc(Cn4ccnc4NC)cc3C2=O)ncc1F. The third-order valence-electron chi connectivity index (χ3n) is 8.00. The summed E-state index contributed by atoms with van der Waals surface area (Å²) < 4.78 is 60.2. The lowest BCUT2D eigenvalue weighted by Crippen LogP contribution is -2.45. The molecule has 12 heteroatoms. The van der Waals surface area contributed by atoms with Gasteiger partial charge >= 0.3 is 6.18 Å². The summed E-state index contributed by atoms with van der Waals surface area (Å²) in [6.07, 6.45) is 1.76. The smallest absolute Gasteiger partial charge is 0.390 e. The van der Waals surface area contributed by atoms with E-state index in [9.17, 15) is 22.4 Å². The Morgan fingerprint density at radius 2 is 1.98 bits per heavy atom. The summed E-state index contributed by atoms with van der Waals surface area (Å²) in [5.74, 6) is 0.164. The number of anilines is 1. The van der Waals surface area contributed by atoms with E-state index >= 15 is 0 Å². The number of amides is 1. The van der Waals surface area contributed by atoms with Crippen LogP contribution in [0.3, 0.4) is 0 Å². The van der Waals surface area contributed by atoms with E-state index in [-0.39, 0.29) is 23.6 Å². The highest BCUT2D eigenvalue weighted by molar-refractivity contribution is 5.98. The van der Waals surface area contributed by atoms with Gasteiger partial charge in [-0.25, -0.2) is 9.37 Å². The second kappa shape index (κ2) is 11.9. The van der Waals surface area contributed by atoms with Crippen molar-refractivity contribution in [2.45, 2.75) is 57.3 Å². The number of hydrogen-bond acceptors (Lipinski definition) is 6. The van der Waals surface area contributed by atoms with Crippen molar-refractivity contribution < 1.29 is 27.1 Å². The molecule has 2 aliphatic rings. The largest absolute Gasteiger partial charge is 0.491 e. The Hall–Kier alpha value is -3.67. The highest BCUT2D eigenvalue weighted by Gasteiger charge is 2.52. The first kappa shape index (κ1) is 29.8. The number of alkyl halides is 3. The molecule has 8 nitrogen and oxygen atoms in total. The highest BCUT2D eigenvalue weighted by atomic mass is 19.4. The van der Waals surface area contributed by atoms with Crippen LogP contribution in [0, 0.1) is 5.82 Å². The average molecular weight is 589 g/mol. The zero-order chi connectivity index (χ0) is 30.1. The number of halogens is 4. The van der Waals surface area contributed by atoms with Crippen molar-refractivity contribution in [1.82, 2.24) is 24.3 Å². The molecule has 1 fully saturated rings. The van der Waals surface area contributed by atoms with Gasteiger partial charge in [0.15, 0.2) is 11.6 Å². The van der Waals surface area contributed by atoms with E-state index in [2.05, 4.69) is 15.3 Å². The Bertz CT molecular complexity index is 1440. The van der Waals surface area contributed by atoms with Crippen molar-refractivity contribution >= 4 is 11.9 Å². The van der Waals surface area contributed by atoms with Crippen LogP contribution in [0.5, 0.6) is 5.75 Å². The van der Waals surface area contributed by atoms with Crippen LogP contribution in [0.2, 0.25) is 0 Å². The van der Waals surface area contributed by atoms with Crippen LogP contribution in [0.15, 0.2) is 36.8 Å². The molecule has 1 aliphatic heterocycles. The molecule has 5 rings (SSSR count). The highest BCUT2D eigenvalue weighted by Crippen LogP contribution is 2.54. The summed E-state index contributed by atoms with van der Waals surface area (Å²) in [5.41, 5.74) is 3.73. The molecular formula is C30H36F4N6O2. The summed E-state index contributed by atoms with van der Waals surface area (Å²) in [7, 11) is 3.46. The molecule has 0 radical (unpaired) electrons. The van der Waals surface area contributed by atoms with Crippen LogP contribution in [0.25, 0.3) is 0 Å². The second-order valence-corrected chi connectivity index (χ2v) is 11.2. The Morgan fingerprint density at radius 3 is 2.67 bits per heavy atom. The van der Waals surface area contributed by atoms with E-state index in [0.717, 1.165) is 35.7 Å². The van der Waals surface area contributed by atoms with Crippen molar-refractivity contribution in [3.63, 3.8) is 0 Å². The lowest BCUT2D eigenvalue weighted by atomic mass is 9.81. The standard InChI is InChI=1S/C30H36F4N6O2/c1-4-42-25-15-22(37-16-24(25)31)5-10-40-19-29(6-7-29)26-21(18-38(3)11-8-30(32,33)34)13-20(14-23(26)27(40)41)17-39-12-9-36-28(39)35-2/h9,12-16H,4-8,10-11,17-19H2,1-3H3,(H,35,36). The first-order valence-corrected chi connectivity index (χ1v) is 14.2. The number of nitrogens with zero attached hydrogens (tertiary/aromatic N) is 5. The molecule has 1 aromatic carbocycles. The molecule has 1 spiro atoms. The Kier molecular flexibility index (Phi) is 8.45. The van der Waals surface area contributed by atoms with Crippen LogP contribution in [-0.2, 0) is 24.9 Å². The molecule has 1 saturated carbocycles. The van der Waals surface area contributed by atoms with Gasteiger partial charge in [0.2, 0.25) is 5.95 Å². The van der Waals surface area contributed by atoms with Crippen LogP contribution < -0.4 is 10.1 Å². The minimum absolute atomic E-state index is 0.116. The number of aromatic nitrogens is 3. The van der Waals surface area contributed by atoms with Crippen LogP contribution in [-0.4, -0.2) is 76.8 Å². The summed E-state index contributed by atoms with van der Waals surface area (Å²) in [6, 6.07) is 5.53. The second-order valence-electron chi connectivity index (χ2n) is 11.2. The molecule has 1 N–H and O–H groups in total. The van der Waals surface area contributed by atoms with Crippen molar-refractivity contribution in [3.8, 4) is 5.75 Å². The van der Waals surface area contributed by atoms with Gasteiger partial charge in [-0.15, -0.1) is 0 Å². The van der Waals surface area contributed by atoms with Gasteiger partial charge in [0.25, 0.3) is 5.91 Å². The zero-order valence-electron chi connectivity index (χ0n) is 24.1. The topological polar surface area (TPSA) is 75.5 Å². The predicted molar refractivity (Wildman–Crippen MR) is 150 cm³/mol. The molecule has 1 aliphatic carbocycles. The van der Waals surface area contributed by atoms with Crippen molar-refractivity contribution in [2.24, 2.45) is 0 Å². The molecule has 0 atom stereocenters. The number of fused-ring (bicyclic) bond motifs is 2. The maximum absolute atomic E-state index is 14.0. The first-order valence-electron chi connectivity index (χ1n) is 14.2. The number of benzene rings is 1. The minimum atomic E-state index is -4.24. The minimum Gasteiger partial charge on any atom is -0.491 e. The third kappa shape index (κ3) is 6.53. The maximum atomic E-state index is 14.0. The van der Waals surface area contributed by atoms with Gasteiger partial charge < -0.3 is 24.4 Å². The third-order valence-corrected chi connectivity index (χ3v) is 8.00. The molecule has 3 heterocycles. The first-order chi connectivity index (χ1) is 20.0. The van der Waals surface area contributed by atoms with E-state index in [0.29, 0.717) is 56.4 Å². The van der Waals surface area contributed by atoms with Crippen molar-refractivity contribution in [2.75, 3.05) is 45.7 Å². The van der Waals surface area contributed by atoms with Gasteiger partial charge in [0.05, 0.1) is 25.8 Å².